The van der Waals surface area contributed by atoms with Gasteiger partial charge in [-0.1, -0.05) is 25.8 Å². The molecule has 1 aliphatic carbocycles. The van der Waals surface area contributed by atoms with E-state index in [4.69, 9.17) is 9.47 Å². The maximum absolute atomic E-state index is 12.2. The number of esters is 2. The molecule has 2 fully saturated rings. The lowest BCUT2D eigenvalue weighted by molar-refractivity contribution is -0.153. The average molecular weight is 386 g/mol. The summed E-state index contributed by atoms with van der Waals surface area (Å²) in [6.07, 6.45) is 10.2. The number of carbonyl (C=O) groups is 2. The van der Waals surface area contributed by atoms with E-state index in [9.17, 15) is 14.1 Å². The number of hydrogen-bond acceptors (Lipinski definition) is 6. The third-order valence-electron chi connectivity index (χ3n) is 5.03. The summed E-state index contributed by atoms with van der Waals surface area (Å²) >= 11 is -0.988. The van der Waals surface area contributed by atoms with E-state index >= 15 is 0 Å². The molecule has 1 atom stereocenters. The molecule has 1 heterocycles. The molecular formula is C19H31NO5S. The van der Waals surface area contributed by atoms with Crippen molar-refractivity contribution in [3.63, 3.8) is 0 Å². The molecule has 0 radical (unpaired) electrons. The van der Waals surface area contributed by atoms with Crippen molar-refractivity contribution in [2.75, 3.05) is 19.3 Å². The highest BCUT2D eigenvalue weighted by molar-refractivity contribution is 7.88. The molecule has 6 nitrogen and oxygen atoms in total. The highest BCUT2D eigenvalue weighted by atomic mass is 32.2. The summed E-state index contributed by atoms with van der Waals surface area (Å²) in [7, 11) is 0. The van der Waals surface area contributed by atoms with Gasteiger partial charge < -0.3 is 14.0 Å². The Balaban J connectivity index is 1.69. The van der Waals surface area contributed by atoms with E-state index in [2.05, 4.69) is 6.58 Å². The zero-order valence-electron chi connectivity index (χ0n) is 15.7. The Kier molecular flexibility index (Phi) is 8.95. The van der Waals surface area contributed by atoms with Crippen LogP contribution in [0.3, 0.4) is 0 Å². The molecule has 1 saturated carbocycles. The summed E-state index contributed by atoms with van der Waals surface area (Å²) in [6.45, 7) is 4.97. The van der Waals surface area contributed by atoms with Gasteiger partial charge in [-0.25, -0.2) is 4.79 Å². The van der Waals surface area contributed by atoms with Crippen LogP contribution in [-0.4, -0.2) is 52.3 Å². The molecule has 26 heavy (non-hydrogen) atoms. The van der Waals surface area contributed by atoms with Gasteiger partial charge in [-0.3, -0.25) is 4.79 Å². The Morgan fingerprint density at radius 3 is 2.12 bits per heavy atom. The van der Waals surface area contributed by atoms with Crippen LogP contribution in [0.1, 0.15) is 64.2 Å². The lowest BCUT2D eigenvalue weighted by Gasteiger charge is -2.30. The van der Waals surface area contributed by atoms with Crippen molar-refractivity contribution in [1.82, 2.24) is 4.31 Å². The highest BCUT2D eigenvalue weighted by Crippen LogP contribution is 2.21. The smallest absolute Gasteiger partial charge is 0.334 e. The Morgan fingerprint density at radius 1 is 1.00 bits per heavy atom. The fourth-order valence-corrected chi connectivity index (χ4v) is 4.18. The summed E-state index contributed by atoms with van der Waals surface area (Å²) in [5.41, 5.74) is 0.141. The molecular weight excluding hydrogens is 354 g/mol. The molecule has 1 aliphatic heterocycles. The second-order valence-electron chi connectivity index (χ2n) is 7.19. The van der Waals surface area contributed by atoms with Crippen LogP contribution < -0.4 is 0 Å². The van der Waals surface area contributed by atoms with Gasteiger partial charge in [-0.2, -0.15) is 0 Å². The van der Waals surface area contributed by atoms with Gasteiger partial charge in [0.25, 0.3) is 0 Å². The predicted molar refractivity (Wildman–Crippen MR) is 101 cm³/mol. The van der Waals surface area contributed by atoms with Crippen LogP contribution in [0.15, 0.2) is 12.2 Å². The molecule has 7 heteroatoms. The standard InChI is InChI=1S/C19H31NO5S/c1-15(14-18(21)24-16-8-6-4-3-5-7-9-16)19(22)25-17-10-12-20(13-11-17)26(2)23/h16-17H,1,3-14H2,2H3. The number of nitrogens with zero attached hydrogens (tertiary/aromatic N) is 1. The van der Waals surface area contributed by atoms with E-state index in [1.807, 2.05) is 4.31 Å². The van der Waals surface area contributed by atoms with Crippen LogP contribution in [0.25, 0.3) is 0 Å². The topological polar surface area (TPSA) is 78.9 Å². The Bertz CT molecular complexity index is 480. The van der Waals surface area contributed by atoms with Gasteiger partial charge in [0, 0.05) is 42.9 Å². The maximum Gasteiger partial charge on any atom is 0.334 e. The Hall–Kier alpha value is -1.05. The van der Waals surface area contributed by atoms with Gasteiger partial charge >= 0.3 is 11.9 Å². The predicted octanol–water partition coefficient (Wildman–Crippen LogP) is 2.89. The zero-order valence-corrected chi connectivity index (χ0v) is 16.6. The largest absolute Gasteiger partial charge is 0.598 e. The Morgan fingerprint density at radius 2 is 1.54 bits per heavy atom. The number of rotatable bonds is 6. The lowest BCUT2D eigenvalue weighted by atomic mass is 9.98. The monoisotopic (exact) mass is 385 g/mol. The molecule has 0 aromatic heterocycles. The van der Waals surface area contributed by atoms with E-state index in [0.29, 0.717) is 25.9 Å². The third-order valence-corrected chi connectivity index (χ3v) is 6.13. The van der Waals surface area contributed by atoms with Crippen molar-refractivity contribution < 1.29 is 23.6 Å². The minimum Gasteiger partial charge on any atom is -0.598 e. The van der Waals surface area contributed by atoms with Crippen LogP contribution in [0, 0.1) is 0 Å². The molecule has 1 saturated heterocycles. The summed E-state index contributed by atoms with van der Waals surface area (Å²) in [6, 6.07) is 0. The molecule has 0 bridgehead atoms. The number of ether oxygens (including phenoxy) is 2. The first-order chi connectivity index (χ1) is 12.5. The third kappa shape index (κ3) is 7.29. The summed E-state index contributed by atoms with van der Waals surface area (Å²) < 4.78 is 24.2. The second-order valence-corrected chi connectivity index (χ2v) is 8.56. The van der Waals surface area contributed by atoms with Gasteiger partial charge in [0.05, 0.1) is 6.42 Å². The van der Waals surface area contributed by atoms with E-state index in [1.54, 1.807) is 6.26 Å². The quantitative estimate of drug-likeness (QED) is 0.397. The maximum atomic E-state index is 12.2. The Labute approximate surface area is 159 Å². The van der Waals surface area contributed by atoms with Crippen LogP contribution in [0.2, 0.25) is 0 Å². The van der Waals surface area contributed by atoms with Crippen LogP contribution in [0.5, 0.6) is 0 Å². The molecule has 2 aliphatic rings. The van der Waals surface area contributed by atoms with Crippen LogP contribution in [0.4, 0.5) is 0 Å². The first-order valence-corrected chi connectivity index (χ1v) is 11.1. The summed E-state index contributed by atoms with van der Waals surface area (Å²) in [4.78, 5) is 24.3. The molecule has 0 N–H and O–H groups in total. The lowest BCUT2D eigenvalue weighted by Crippen LogP contribution is -2.41. The first-order valence-electron chi connectivity index (χ1n) is 9.62. The number of hydrogen-bond donors (Lipinski definition) is 0. The van der Waals surface area contributed by atoms with Crippen molar-refractivity contribution >= 4 is 23.3 Å². The van der Waals surface area contributed by atoms with Crippen LogP contribution in [-0.2, 0) is 30.4 Å². The fourth-order valence-electron chi connectivity index (χ4n) is 3.45. The van der Waals surface area contributed by atoms with Gasteiger partial charge in [0.2, 0.25) is 0 Å². The highest BCUT2D eigenvalue weighted by Gasteiger charge is 2.28. The first kappa shape index (κ1) is 21.3. The second kappa shape index (κ2) is 10.9. The molecule has 0 aromatic rings. The molecule has 1 unspecified atom stereocenters. The normalized spacial score (nSPS) is 22.1. The summed E-state index contributed by atoms with van der Waals surface area (Å²) in [5.74, 6) is -0.926. The fraction of sp³-hybridized carbons (Fsp3) is 0.789. The van der Waals surface area contributed by atoms with Crippen molar-refractivity contribution in [2.45, 2.75) is 76.4 Å². The molecule has 148 valence electrons. The van der Waals surface area contributed by atoms with E-state index in [0.717, 1.165) is 25.7 Å². The molecule has 0 aromatic carbocycles. The molecule has 2 rings (SSSR count). The van der Waals surface area contributed by atoms with E-state index in [1.165, 1.54) is 19.3 Å². The average Bonchev–Trinajstić information content (AvgIpc) is 2.57. The zero-order chi connectivity index (χ0) is 18.9. The van der Waals surface area contributed by atoms with Gasteiger partial charge in [-0.15, -0.1) is 4.31 Å². The molecule has 0 spiro atoms. The van der Waals surface area contributed by atoms with Gasteiger partial charge in [-0.05, 0) is 25.7 Å². The van der Waals surface area contributed by atoms with Crippen molar-refractivity contribution in [2.24, 2.45) is 0 Å². The summed E-state index contributed by atoms with van der Waals surface area (Å²) in [5, 5.41) is 0. The minimum atomic E-state index is -0.988. The van der Waals surface area contributed by atoms with Gasteiger partial charge in [0.15, 0.2) is 0 Å². The van der Waals surface area contributed by atoms with E-state index < -0.39 is 23.3 Å². The van der Waals surface area contributed by atoms with Crippen molar-refractivity contribution in [3.05, 3.63) is 12.2 Å². The van der Waals surface area contributed by atoms with Crippen molar-refractivity contribution in [3.8, 4) is 0 Å². The molecule has 0 amide bonds. The minimum absolute atomic E-state index is 0.0362. The SMILES string of the molecule is C=C(CC(=O)OC1CCCCCCC1)C(=O)OC1CCN([S+](C)[O-])CC1. The van der Waals surface area contributed by atoms with E-state index in [-0.39, 0.29) is 24.2 Å². The number of piperidine rings is 1. The number of carbonyl (C=O) groups excluding carboxylic acids is 2. The van der Waals surface area contributed by atoms with Crippen LogP contribution >= 0.6 is 0 Å². The van der Waals surface area contributed by atoms with Gasteiger partial charge in [0.1, 0.15) is 18.5 Å². The van der Waals surface area contributed by atoms with Crippen molar-refractivity contribution in [1.29, 1.82) is 0 Å².